The van der Waals surface area contributed by atoms with Crippen molar-refractivity contribution in [3.63, 3.8) is 0 Å². The minimum Gasteiger partial charge on any atom is -0.392 e. The monoisotopic (exact) mass is 1540 g/mol. The zero-order valence-corrected chi connectivity index (χ0v) is 63.3. The van der Waals surface area contributed by atoms with E-state index in [4.69, 9.17) is 33.2 Å². The van der Waals surface area contributed by atoms with E-state index < -0.39 is 0 Å². The molecule has 114 heavy (non-hydrogen) atoms. The Kier molecular flexibility index (Phi) is 26.3. The van der Waals surface area contributed by atoms with E-state index in [-0.39, 0.29) is 73.6 Å². The summed E-state index contributed by atoms with van der Waals surface area (Å²) in [5.74, 6) is 0.674. The van der Waals surface area contributed by atoms with Crippen molar-refractivity contribution >= 4 is 111 Å². The Bertz CT molecular complexity index is 5600. The summed E-state index contributed by atoms with van der Waals surface area (Å²) >= 11 is 12.1. The van der Waals surface area contributed by atoms with E-state index in [1.54, 1.807) is 63.3 Å². The third-order valence-electron chi connectivity index (χ3n) is 18.5. The number of rotatable bonds is 23. The number of aliphatic imine (C=N–C) groups is 3. The Morgan fingerprint density at radius 1 is 0.316 bits per heavy atom. The van der Waals surface area contributed by atoms with Crippen LogP contribution in [-0.2, 0) is 80.9 Å². The highest BCUT2D eigenvalue weighted by molar-refractivity contribution is 6.35. The number of aliphatic hydroxyl groups is 2. The molecule has 0 aromatic heterocycles. The number of amides is 6. The second-order valence-electron chi connectivity index (χ2n) is 26.7. The molecule has 564 valence electrons. The van der Waals surface area contributed by atoms with Crippen LogP contribution in [0.5, 0.6) is 0 Å². The molecule has 0 aliphatic carbocycles. The van der Waals surface area contributed by atoms with E-state index in [9.17, 15) is 39.0 Å². The lowest BCUT2D eigenvalue weighted by atomic mass is 10.1. The van der Waals surface area contributed by atoms with Crippen molar-refractivity contribution in [2.75, 3.05) is 14.7 Å². The topological polar surface area (TPSA) is 226 Å². The van der Waals surface area contributed by atoms with Gasteiger partial charge < -0.3 is 26.2 Å². The number of amidine groups is 3. The van der Waals surface area contributed by atoms with E-state index >= 15 is 0 Å². The lowest BCUT2D eigenvalue weighted by Gasteiger charge is -2.19. The molecule has 6 amide bonds. The van der Waals surface area contributed by atoms with Crippen molar-refractivity contribution < 1.29 is 39.0 Å². The smallest absolute Gasteiger partial charge is 0.282 e. The molecule has 12 aromatic rings. The molecular formula is C95H77Cl2N9O8. The second kappa shape index (κ2) is 38.2. The summed E-state index contributed by atoms with van der Waals surface area (Å²) in [7, 11) is 0. The van der Waals surface area contributed by atoms with Crippen LogP contribution in [0.3, 0.4) is 0 Å². The minimum atomic E-state index is -0.275. The van der Waals surface area contributed by atoms with Gasteiger partial charge in [-0.2, -0.15) is 0 Å². The van der Waals surface area contributed by atoms with E-state index in [1.807, 2.05) is 291 Å². The molecule has 15 rings (SSSR count). The maximum absolute atomic E-state index is 13.6. The van der Waals surface area contributed by atoms with Gasteiger partial charge in [0, 0.05) is 46.4 Å². The fraction of sp³-hybridized carbons (Fsp3) is 0.0842. The van der Waals surface area contributed by atoms with Crippen molar-refractivity contribution in [1.82, 2.24) is 16.0 Å². The highest BCUT2D eigenvalue weighted by Crippen LogP contribution is 2.33. The summed E-state index contributed by atoms with van der Waals surface area (Å²) in [6.45, 7) is 1.20. The van der Waals surface area contributed by atoms with E-state index in [1.165, 1.54) is 0 Å². The molecule has 19 heteroatoms. The Morgan fingerprint density at radius 3 is 0.904 bits per heavy atom. The molecule has 0 saturated carbocycles. The average molecular weight is 1540 g/mol. The molecule has 3 heterocycles. The van der Waals surface area contributed by atoms with Crippen molar-refractivity contribution in [3.8, 4) is 0 Å². The third-order valence-corrected chi connectivity index (χ3v) is 19.2. The van der Waals surface area contributed by atoms with E-state index in [2.05, 4.69) is 20.9 Å². The van der Waals surface area contributed by atoms with Gasteiger partial charge in [-0.1, -0.05) is 284 Å². The molecule has 0 fully saturated rings. The van der Waals surface area contributed by atoms with Crippen molar-refractivity contribution in [2.24, 2.45) is 15.0 Å². The number of carbonyl (C=O) groups is 6. The molecular weight excluding hydrogens is 1470 g/mol. The molecule has 3 aliphatic rings. The van der Waals surface area contributed by atoms with Gasteiger partial charge in [0.15, 0.2) is 0 Å². The summed E-state index contributed by atoms with van der Waals surface area (Å²) in [5.41, 5.74) is 14.8. The Balaban J connectivity index is 0.000000149. The molecule has 17 nitrogen and oxygen atoms in total. The van der Waals surface area contributed by atoms with E-state index in [0.29, 0.717) is 86.8 Å². The summed E-state index contributed by atoms with van der Waals surface area (Å²) in [6, 6.07) is 100. The second-order valence-corrected chi connectivity index (χ2v) is 27.5. The van der Waals surface area contributed by atoms with Crippen molar-refractivity contribution in [2.45, 2.75) is 52.1 Å². The van der Waals surface area contributed by atoms with Gasteiger partial charge in [-0.25, -0.2) is 15.0 Å². The standard InChI is InChI=1S/C32H26ClN3O3.C32H27N3O3.C31H24ClN3O2/c33-28-16-13-24(17-26(28)21-37)18-29-32(39)36(31(35-29)25-9-5-2-6-10-25)27-14-11-22(12-15-27)19-30(38)34-20-23-7-3-1-4-8-23;36-22-26-13-11-23(12-14-26)19-29-32(38)35(31(34-29)27-9-5-2-6-10-27)28-17-15-24(16-18-28)20-30(37)33-21-25-7-3-1-4-8-25;32-26-15-11-22(12-16-26)19-28-31(37)35(30(34-28)25-9-5-2-6-10-25)27-17-13-23(14-18-27)20-29(36)33-21-24-7-3-1-4-8-24/h1-18,37H,19-21H2,(H,34,38);1-19,36H,20-22H2,(H,33,37);1-19H,20-21H2,(H,33,36)/b29-18-;29-19-;28-19-. The number of benzene rings is 12. The van der Waals surface area contributed by atoms with Gasteiger partial charge in [-0.05, 0) is 140 Å². The zero-order chi connectivity index (χ0) is 79.1. The SMILES string of the molecule is O=C(Cc1ccc(N2C(=O)/C(=C/c3ccc(CO)cc3)N=C2c2ccccc2)cc1)NCc1ccccc1.O=C(Cc1ccc(N2C(=O)/C(=C/c3ccc(Cl)c(CO)c3)N=C2c2ccccc2)cc1)NCc1ccccc1.O=C(Cc1ccc(N2C(=O)/C(=C/c3ccc(Cl)cc3)N=C2c2ccccc2)cc1)NCc1ccccc1. The predicted molar refractivity (Wildman–Crippen MR) is 452 cm³/mol. The first-order chi connectivity index (χ1) is 55.7. The first-order valence-corrected chi connectivity index (χ1v) is 37.6. The van der Waals surface area contributed by atoms with Crippen molar-refractivity contribution in [3.05, 3.63) is 427 Å². The van der Waals surface area contributed by atoms with Crippen LogP contribution in [-0.4, -0.2) is 63.2 Å². The van der Waals surface area contributed by atoms with Gasteiger partial charge in [0.2, 0.25) is 17.7 Å². The first-order valence-electron chi connectivity index (χ1n) is 36.8. The van der Waals surface area contributed by atoms with Gasteiger partial charge in [0.05, 0.1) is 49.5 Å². The van der Waals surface area contributed by atoms with Crippen molar-refractivity contribution in [1.29, 1.82) is 0 Å². The maximum atomic E-state index is 13.6. The fourth-order valence-electron chi connectivity index (χ4n) is 12.6. The Hall–Kier alpha value is -13.8. The number of hydrogen-bond donors (Lipinski definition) is 5. The summed E-state index contributed by atoms with van der Waals surface area (Å²) in [5, 5.41) is 28.8. The zero-order valence-electron chi connectivity index (χ0n) is 61.8. The minimum absolute atomic E-state index is 0.0372. The number of halogens is 2. The van der Waals surface area contributed by atoms with Gasteiger partial charge in [-0.3, -0.25) is 43.5 Å². The number of aliphatic hydroxyl groups excluding tert-OH is 2. The third kappa shape index (κ3) is 20.6. The molecule has 0 bridgehead atoms. The van der Waals surface area contributed by atoms with Gasteiger partial charge >= 0.3 is 0 Å². The first kappa shape index (κ1) is 78.3. The van der Waals surface area contributed by atoms with Crippen LogP contribution >= 0.6 is 23.2 Å². The molecule has 0 atom stereocenters. The molecule has 0 spiro atoms. The number of nitrogens with one attached hydrogen (secondary N) is 3. The molecule has 0 saturated heterocycles. The highest BCUT2D eigenvalue weighted by atomic mass is 35.5. The largest absolute Gasteiger partial charge is 0.392 e. The maximum Gasteiger partial charge on any atom is 0.282 e. The lowest BCUT2D eigenvalue weighted by Crippen LogP contribution is -2.32. The Morgan fingerprint density at radius 2 is 0.596 bits per heavy atom. The normalized spacial score (nSPS) is 14.0. The number of carbonyl (C=O) groups excluding carboxylic acids is 6. The fourth-order valence-corrected chi connectivity index (χ4v) is 12.9. The number of nitrogens with zero attached hydrogens (tertiary/aromatic N) is 6. The van der Waals surface area contributed by atoms with Crippen LogP contribution < -0.4 is 30.7 Å². The summed E-state index contributed by atoms with van der Waals surface area (Å²) < 4.78 is 0. The number of anilines is 3. The average Bonchev–Trinajstić information content (AvgIpc) is 1.66. The molecule has 12 aromatic carbocycles. The lowest BCUT2D eigenvalue weighted by molar-refractivity contribution is -0.121. The van der Waals surface area contributed by atoms with Crippen LogP contribution in [0.25, 0.3) is 18.2 Å². The van der Waals surface area contributed by atoms with Crippen LogP contribution in [0.15, 0.2) is 354 Å². The Labute approximate surface area is 670 Å². The van der Waals surface area contributed by atoms with Gasteiger partial charge in [-0.15, -0.1) is 0 Å². The van der Waals surface area contributed by atoms with Crippen LogP contribution in [0.4, 0.5) is 17.1 Å². The van der Waals surface area contributed by atoms with Gasteiger partial charge in [0.1, 0.15) is 34.6 Å². The van der Waals surface area contributed by atoms with E-state index in [0.717, 1.165) is 66.8 Å². The van der Waals surface area contributed by atoms with Gasteiger partial charge in [0.25, 0.3) is 17.7 Å². The molecule has 0 radical (unpaired) electrons. The number of hydrogen-bond acceptors (Lipinski definition) is 11. The summed E-state index contributed by atoms with van der Waals surface area (Å²) in [6.07, 6.45) is 5.92. The molecule has 0 unspecified atom stereocenters. The van der Waals surface area contributed by atoms with Crippen LogP contribution in [0.2, 0.25) is 10.0 Å². The molecule has 3 aliphatic heterocycles. The van der Waals surface area contributed by atoms with Crippen LogP contribution in [0, 0.1) is 0 Å². The van der Waals surface area contributed by atoms with Crippen LogP contribution in [0.1, 0.15) is 77.9 Å². The quantitative estimate of drug-likeness (QED) is 0.0386. The summed E-state index contributed by atoms with van der Waals surface area (Å²) in [4.78, 5) is 96.9. The molecule has 5 N–H and O–H groups in total. The highest BCUT2D eigenvalue weighted by Gasteiger charge is 2.36. The predicted octanol–water partition coefficient (Wildman–Crippen LogP) is 16.4.